The van der Waals surface area contributed by atoms with Crippen molar-refractivity contribution < 1.29 is 14.3 Å². The first kappa shape index (κ1) is 16.3. The Morgan fingerprint density at radius 1 is 1.27 bits per heavy atom. The highest BCUT2D eigenvalue weighted by atomic mass is 16.5. The van der Waals surface area contributed by atoms with Crippen LogP contribution in [-0.2, 0) is 11.3 Å². The van der Waals surface area contributed by atoms with Crippen molar-refractivity contribution in [2.24, 2.45) is 5.73 Å². The Balaban J connectivity index is 1.83. The molecule has 1 aromatic carbocycles. The van der Waals surface area contributed by atoms with E-state index < -0.39 is 5.91 Å². The van der Waals surface area contributed by atoms with Crippen molar-refractivity contribution in [2.45, 2.75) is 31.9 Å². The van der Waals surface area contributed by atoms with Crippen LogP contribution in [0.15, 0.2) is 24.3 Å². The monoisotopic (exact) mass is 305 g/mol. The third-order valence-corrected chi connectivity index (χ3v) is 3.98. The highest BCUT2D eigenvalue weighted by Crippen LogP contribution is 2.13. The molecule has 0 bridgehead atoms. The maximum absolute atomic E-state index is 12.2. The number of benzene rings is 1. The summed E-state index contributed by atoms with van der Waals surface area (Å²) < 4.78 is 5.36. The molecule has 1 aliphatic rings. The molecule has 3 N–H and O–H groups in total. The Hall–Kier alpha value is -2.08. The molecule has 3 amide bonds. The van der Waals surface area contributed by atoms with Crippen LogP contribution in [0.2, 0.25) is 0 Å². The van der Waals surface area contributed by atoms with E-state index in [4.69, 9.17) is 10.5 Å². The van der Waals surface area contributed by atoms with Crippen molar-refractivity contribution in [1.29, 1.82) is 0 Å². The highest BCUT2D eigenvalue weighted by molar-refractivity contribution is 5.92. The van der Waals surface area contributed by atoms with Crippen molar-refractivity contribution in [3.8, 4) is 0 Å². The summed E-state index contributed by atoms with van der Waals surface area (Å²) in [4.78, 5) is 25.0. The predicted molar refractivity (Wildman–Crippen MR) is 83.4 cm³/mol. The molecule has 1 aliphatic heterocycles. The third kappa shape index (κ3) is 4.46. The number of urea groups is 1. The molecular formula is C16H23N3O3. The Kier molecular flexibility index (Phi) is 5.77. The smallest absolute Gasteiger partial charge is 0.317 e. The lowest BCUT2D eigenvalue weighted by atomic mass is 10.1. The normalized spacial score (nSPS) is 18.6. The van der Waals surface area contributed by atoms with Crippen molar-refractivity contribution >= 4 is 11.9 Å². The minimum atomic E-state index is -0.451. The summed E-state index contributed by atoms with van der Waals surface area (Å²) in [5.74, 6) is -0.451. The number of carbonyl (C=O) groups excluding carboxylic acids is 2. The summed E-state index contributed by atoms with van der Waals surface area (Å²) in [6.07, 6.45) is 3.07. The van der Waals surface area contributed by atoms with Gasteiger partial charge >= 0.3 is 6.03 Å². The van der Waals surface area contributed by atoms with E-state index in [1.54, 1.807) is 31.4 Å². The van der Waals surface area contributed by atoms with Gasteiger partial charge in [0.1, 0.15) is 0 Å². The lowest BCUT2D eigenvalue weighted by Crippen LogP contribution is -2.40. The lowest BCUT2D eigenvalue weighted by molar-refractivity contribution is 0.0906. The summed E-state index contributed by atoms with van der Waals surface area (Å²) in [7, 11) is 1.72. The van der Waals surface area contributed by atoms with Gasteiger partial charge < -0.3 is 20.7 Å². The first-order valence-corrected chi connectivity index (χ1v) is 7.54. The molecule has 6 nitrogen and oxygen atoms in total. The van der Waals surface area contributed by atoms with Gasteiger partial charge in [0.2, 0.25) is 5.91 Å². The van der Waals surface area contributed by atoms with Gasteiger partial charge in [-0.05, 0) is 37.0 Å². The van der Waals surface area contributed by atoms with Gasteiger partial charge in [-0.15, -0.1) is 0 Å². The van der Waals surface area contributed by atoms with Gasteiger partial charge in [0.05, 0.1) is 6.10 Å². The van der Waals surface area contributed by atoms with Gasteiger partial charge in [0.15, 0.2) is 0 Å². The Morgan fingerprint density at radius 3 is 2.64 bits per heavy atom. The van der Waals surface area contributed by atoms with Crippen molar-refractivity contribution in [3.63, 3.8) is 0 Å². The molecule has 0 aliphatic carbocycles. The highest BCUT2D eigenvalue weighted by Gasteiger charge is 2.19. The van der Waals surface area contributed by atoms with Gasteiger partial charge in [0, 0.05) is 32.3 Å². The Morgan fingerprint density at radius 2 is 2.00 bits per heavy atom. The molecular weight excluding hydrogens is 282 g/mol. The minimum absolute atomic E-state index is 0.0595. The molecule has 1 heterocycles. The van der Waals surface area contributed by atoms with E-state index in [9.17, 15) is 9.59 Å². The largest absolute Gasteiger partial charge is 0.381 e. The number of nitrogens with two attached hydrogens (primary N) is 1. The van der Waals surface area contributed by atoms with Crippen molar-refractivity contribution in [1.82, 2.24) is 10.2 Å². The Labute approximate surface area is 130 Å². The maximum atomic E-state index is 12.2. The van der Waals surface area contributed by atoms with Crippen LogP contribution >= 0.6 is 0 Å². The molecule has 1 atom stereocenters. The second kappa shape index (κ2) is 7.79. The van der Waals surface area contributed by atoms with Crippen LogP contribution in [0.5, 0.6) is 0 Å². The van der Waals surface area contributed by atoms with Crippen molar-refractivity contribution in [3.05, 3.63) is 35.4 Å². The summed E-state index contributed by atoms with van der Waals surface area (Å²) in [6, 6.07) is 6.86. The number of likely N-dealkylation sites (tertiary alicyclic amines) is 1. The minimum Gasteiger partial charge on any atom is -0.381 e. The van der Waals surface area contributed by atoms with Gasteiger partial charge in [-0.1, -0.05) is 12.1 Å². The zero-order valence-electron chi connectivity index (χ0n) is 12.9. The molecule has 6 heteroatoms. The number of methoxy groups -OCH3 is 1. The number of hydrogen-bond acceptors (Lipinski definition) is 3. The number of hydrogen-bond donors (Lipinski definition) is 2. The van der Waals surface area contributed by atoms with E-state index >= 15 is 0 Å². The molecule has 0 spiro atoms. The van der Waals surface area contributed by atoms with Crippen LogP contribution in [0.1, 0.15) is 35.2 Å². The molecule has 2 rings (SSSR count). The van der Waals surface area contributed by atoms with Crippen molar-refractivity contribution in [2.75, 3.05) is 20.2 Å². The maximum Gasteiger partial charge on any atom is 0.317 e. The summed E-state index contributed by atoms with van der Waals surface area (Å²) in [5.41, 5.74) is 6.59. The molecule has 0 saturated carbocycles. The first-order chi connectivity index (χ1) is 10.6. The predicted octanol–water partition coefficient (Wildman–Crippen LogP) is 1.50. The number of carbonyl (C=O) groups is 2. The molecule has 0 radical (unpaired) electrons. The second-order valence-electron chi connectivity index (χ2n) is 5.50. The summed E-state index contributed by atoms with van der Waals surface area (Å²) >= 11 is 0. The fraction of sp³-hybridized carbons (Fsp3) is 0.500. The number of rotatable bonds is 4. The number of ether oxygens (including phenoxy) is 1. The van der Waals surface area contributed by atoms with Crippen LogP contribution in [0.25, 0.3) is 0 Å². The number of nitrogens with one attached hydrogen (secondary N) is 1. The summed E-state index contributed by atoms with van der Waals surface area (Å²) in [6.45, 7) is 1.90. The topological polar surface area (TPSA) is 84.7 Å². The molecule has 0 aromatic heterocycles. The molecule has 120 valence electrons. The standard InChI is InChI=1S/C16H23N3O3/c1-22-14-3-2-9-19(10-8-14)16(21)18-11-12-4-6-13(7-5-12)15(17)20/h4-7,14H,2-3,8-11H2,1H3,(H2,17,20)(H,18,21). The molecule has 22 heavy (non-hydrogen) atoms. The zero-order valence-corrected chi connectivity index (χ0v) is 12.9. The van der Waals surface area contributed by atoms with Gasteiger partial charge in [-0.2, -0.15) is 0 Å². The number of amides is 3. The fourth-order valence-electron chi connectivity index (χ4n) is 2.58. The SMILES string of the molecule is COC1CCCN(C(=O)NCc2ccc(C(N)=O)cc2)CC1. The van der Waals surface area contributed by atoms with Crippen LogP contribution < -0.4 is 11.1 Å². The number of nitrogens with zero attached hydrogens (tertiary/aromatic N) is 1. The second-order valence-corrected chi connectivity index (χ2v) is 5.50. The van der Waals surface area contributed by atoms with Gasteiger partial charge in [0.25, 0.3) is 0 Å². The van der Waals surface area contributed by atoms with E-state index in [2.05, 4.69) is 5.32 Å². The third-order valence-electron chi connectivity index (χ3n) is 3.98. The Bertz CT molecular complexity index is 516. The summed E-state index contributed by atoms with van der Waals surface area (Å²) in [5, 5.41) is 2.91. The number of primary amides is 1. The average molecular weight is 305 g/mol. The zero-order chi connectivity index (χ0) is 15.9. The van der Waals surface area contributed by atoms with Crippen LogP contribution in [0.4, 0.5) is 4.79 Å². The first-order valence-electron chi connectivity index (χ1n) is 7.54. The van der Waals surface area contributed by atoms with E-state index in [1.165, 1.54) is 0 Å². The molecule has 1 saturated heterocycles. The molecule has 1 aromatic rings. The van der Waals surface area contributed by atoms with E-state index in [0.717, 1.165) is 31.4 Å². The van der Waals surface area contributed by atoms with E-state index in [0.29, 0.717) is 18.7 Å². The van der Waals surface area contributed by atoms with Crippen LogP contribution in [0, 0.1) is 0 Å². The lowest BCUT2D eigenvalue weighted by Gasteiger charge is -2.21. The van der Waals surface area contributed by atoms with Crippen LogP contribution in [-0.4, -0.2) is 43.1 Å². The molecule has 1 fully saturated rings. The van der Waals surface area contributed by atoms with Crippen LogP contribution in [0.3, 0.4) is 0 Å². The van der Waals surface area contributed by atoms with Gasteiger partial charge in [-0.25, -0.2) is 4.79 Å². The molecule has 1 unspecified atom stereocenters. The fourth-order valence-corrected chi connectivity index (χ4v) is 2.58. The van der Waals surface area contributed by atoms with E-state index in [1.807, 2.05) is 4.90 Å². The average Bonchev–Trinajstić information content (AvgIpc) is 2.78. The van der Waals surface area contributed by atoms with Gasteiger partial charge in [-0.3, -0.25) is 4.79 Å². The van der Waals surface area contributed by atoms with E-state index in [-0.39, 0.29) is 12.1 Å². The quantitative estimate of drug-likeness (QED) is 0.884.